The molecule has 0 aliphatic heterocycles. The van der Waals surface area contributed by atoms with Gasteiger partial charge in [0, 0.05) is 12.6 Å². The number of nitrogens with zero attached hydrogens (tertiary/aromatic N) is 1. The number of benzene rings is 1. The highest BCUT2D eigenvalue weighted by Gasteiger charge is 2.12. The van der Waals surface area contributed by atoms with Gasteiger partial charge in [0.05, 0.1) is 19.0 Å². The lowest BCUT2D eigenvalue weighted by Crippen LogP contribution is -2.11. The first kappa shape index (κ1) is 14.4. The molecule has 20 heavy (non-hydrogen) atoms. The molecule has 0 fully saturated rings. The molecular formula is C17H22N2O. The summed E-state index contributed by atoms with van der Waals surface area (Å²) < 4.78 is 5.04. The number of hydrogen-bond acceptors (Lipinski definition) is 3. The van der Waals surface area contributed by atoms with Crippen molar-refractivity contribution < 1.29 is 4.74 Å². The molecule has 1 heterocycles. The van der Waals surface area contributed by atoms with E-state index in [1.807, 2.05) is 12.1 Å². The van der Waals surface area contributed by atoms with Crippen LogP contribution in [-0.4, -0.2) is 12.1 Å². The van der Waals surface area contributed by atoms with Gasteiger partial charge in [-0.15, -0.1) is 0 Å². The SMILES string of the molecule is COc1ccc(NCc2ccc(C(C)(C)C)cc2)cn1. The van der Waals surface area contributed by atoms with E-state index in [0.717, 1.165) is 12.2 Å². The van der Waals surface area contributed by atoms with Gasteiger partial charge in [-0.2, -0.15) is 0 Å². The first-order valence-corrected chi connectivity index (χ1v) is 6.82. The Hall–Kier alpha value is -2.03. The molecule has 1 N–H and O–H groups in total. The van der Waals surface area contributed by atoms with Crippen LogP contribution in [0.25, 0.3) is 0 Å². The fraction of sp³-hybridized carbons (Fsp3) is 0.353. The summed E-state index contributed by atoms with van der Waals surface area (Å²) >= 11 is 0. The Balaban J connectivity index is 1.96. The molecule has 106 valence electrons. The lowest BCUT2D eigenvalue weighted by molar-refractivity contribution is 0.398. The van der Waals surface area contributed by atoms with E-state index in [1.165, 1.54) is 11.1 Å². The van der Waals surface area contributed by atoms with Crippen LogP contribution in [0.15, 0.2) is 42.6 Å². The first-order valence-electron chi connectivity index (χ1n) is 6.82. The van der Waals surface area contributed by atoms with Gasteiger partial charge >= 0.3 is 0 Å². The lowest BCUT2D eigenvalue weighted by atomic mass is 9.87. The topological polar surface area (TPSA) is 34.1 Å². The van der Waals surface area contributed by atoms with Crippen LogP contribution >= 0.6 is 0 Å². The zero-order chi connectivity index (χ0) is 14.6. The molecule has 2 rings (SSSR count). The summed E-state index contributed by atoms with van der Waals surface area (Å²) in [6.45, 7) is 7.47. The first-order chi connectivity index (χ1) is 9.49. The van der Waals surface area contributed by atoms with Crippen LogP contribution in [0.3, 0.4) is 0 Å². The van der Waals surface area contributed by atoms with E-state index in [0.29, 0.717) is 5.88 Å². The summed E-state index contributed by atoms with van der Waals surface area (Å²) in [5, 5.41) is 3.35. The average molecular weight is 270 g/mol. The van der Waals surface area contributed by atoms with Crippen LogP contribution in [0.4, 0.5) is 5.69 Å². The number of methoxy groups -OCH3 is 1. The Kier molecular flexibility index (Phi) is 4.28. The van der Waals surface area contributed by atoms with Gasteiger partial charge in [-0.25, -0.2) is 4.98 Å². The number of ether oxygens (including phenoxy) is 1. The molecule has 0 saturated carbocycles. The normalized spacial score (nSPS) is 11.2. The zero-order valence-corrected chi connectivity index (χ0v) is 12.6. The van der Waals surface area contributed by atoms with Crippen molar-refractivity contribution in [3.8, 4) is 5.88 Å². The second-order valence-corrected chi connectivity index (χ2v) is 5.89. The van der Waals surface area contributed by atoms with Gasteiger partial charge in [-0.1, -0.05) is 45.0 Å². The monoisotopic (exact) mass is 270 g/mol. The molecule has 3 heteroatoms. The molecule has 0 bridgehead atoms. The Labute approximate surface area is 121 Å². The molecule has 0 aliphatic rings. The van der Waals surface area contributed by atoms with Crippen molar-refractivity contribution in [3.63, 3.8) is 0 Å². The Bertz CT molecular complexity index is 539. The highest BCUT2D eigenvalue weighted by atomic mass is 16.5. The second kappa shape index (κ2) is 5.95. The lowest BCUT2D eigenvalue weighted by Gasteiger charge is -2.19. The summed E-state index contributed by atoms with van der Waals surface area (Å²) in [4.78, 5) is 4.17. The maximum absolute atomic E-state index is 5.04. The Morgan fingerprint density at radius 2 is 1.75 bits per heavy atom. The summed E-state index contributed by atoms with van der Waals surface area (Å²) in [6.07, 6.45) is 1.78. The van der Waals surface area contributed by atoms with Crippen LogP contribution in [-0.2, 0) is 12.0 Å². The van der Waals surface area contributed by atoms with Gasteiger partial charge < -0.3 is 10.1 Å². The fourth-order valence-electron chi connectivity index (χ4n) is 1.93. The third kappa shape index (κ3) is 3.73. The van der Waals surface area contributed by atoms with Gasteiger partial charge in [-0.3, -0.25) is 0 Å². The van der Waals surface area contributed by atoms with E-state index in [1.54, 1.807) is 13.3 Å². The minimum atomic E-state index is 0.200. The van der Waals surface area contributed by atoms with Crippen molar-refractivity contribution in [3.05, 3.63) is 53.7 Å². The molecule has 0 radical (unpaired) electrons. The molecule has 0 amide bonds. The van der Waals surface area contributed by atoms with E-state index >= 15 is 0 Å². The number of anilines is 1. The van der Waals surface area contributed by atoms with E-state index < -0.39 is 0 Å². The smallest absolute Gasteiger partial charge is 0.213 e. The van der Waals surface area contributed by atoms with E-state index in [2.05, 4.69) is 55.3 Å². The van der Waals surface area contributed by atoms with E-state index in [9.17, 15) is 0 Å². The fourth-order valence-corrected chi connectivity index (χ4v) is 1.93. The number of rotatable bonds is 4. The third-order valence-electron chi connectivity index (χ3n) is 3.26. The molecule has 0 unspecified atom stereocenters. The quantitative estimate of drug-likeness (QED) is 0.911. The predicted octanol–water partition coefficient (Wildman–Crippen LogP) is 4.00. The number of nitrogens with one attached hydrogen (secondary N) is 1. The summed E-state index contributed by atoms with van der Waals surface area (Å²) in [5.74, 6) is 0.630. The average Bonchev–Trinajstić information content (AvgIpc) is 2.45. The Morgan fingerprint density at radius 1 is 1.05 bits per heavy atom. The van der Waals surface area contributed by atoms with Crippen molar-refractivity contribution in [2.75, 3.05) is 12.4 Å². The molecule has 0 atom stereocenters. The highest BCUT2D eigenvalue weighted by Crippen LogP contribution is 2.22. The zero-order valence-electron chi connectivity index (χ0n) is 12.6. The molecule has 0 spiro atoms. The molecule has 0 saturated heterocycles. The molecule has 0 aliphatic carbocycles. The minimum absolute atomic E-state index is 0.200. The van der Waals surface area contributed by atoms with Crippen molar-refractivity contribution >= 4 is 5.69 Å². The number of aromatic nitrogens is 1. The molecule has 2 aromatic rings. The van der Waals surface area contributed by atoms with Crippen LogP contribution in [0.5, 0.6) is 5.88 Å². The van der Waals surface area contributed by atoms with Gasteiger partial charge in [0.1, 0.15) is 0 Å². The van der Waals surface area contributed by atoms with Crippen molar-refractivity contribution in [2.45, 2.75) is 32.7 Å². The van der Waals surface area contributed by atoms with E-state index in [-0.39, 0.29) is 5.41 Å². The molecule has 1 aromatic carbocycles. The van der Waals surface area contributed by atoms with Crippen molar-refractivity contribution in [1.82, 2.24) is 4.98 Å². The summed E-state index contributed by atoms with van der Waals surface area (Å²) in [5.41, 5.74) is 3.80. The summed E-state index contributed by atoms with van der Waals surface area (Å²) in [6, 6.07) is 12.6. The van der Waals surface area contributed by atoms with Crippen LogP contribution < -0.4 is 10.1 Å². The summed E-state index contributed by atoms with van der Waals surface area (Å²) in [7, 11) is 1.62. The number of pyridine rings is 1. The molecular weight excluding hydrogens is 248 g/mol. The second-order valence-electron chi connectivity index (χ2n) is 5.89. The van der Waals surface area contributed by atoms with Crippen molar-refractivity contribution in [2.24, 2.45) is 0 Å². The van der Waals surface area contributed by atoms with Crippen LogP contribution in [0, 0.1) is 0 Å². The predicted molar refractivity (Wildman–Crippen MR) is 83.3 cm³/mol. The maximum Gasteiger partial charge on any atom is 0.213 e. The maximum atomic E-state index is 5.04. The van der Waals surface area contributed by atoms with Gasteiger partial charge in [0.2, 0.25) is 5.88 Å². The molecule has 1 aromatic heterocycles. The van der Waals surface area contributed by atoms with Crippen LogP contribution in [0.1, 0.15) is 31.9 Å². The van der Waals surface area contributed by atoms with Crippen molar-refractivity contribution in [1.29, 1.82) is 0 Å². The van der Waals surface area contributed by atoms with E-state index in [4.69, 9.17) is 4.74 Å². The van der Waals surface area contributed by atoms with Gasteiger partial charge in [0.15, 0.2) is 0 Å². The number of hydrogen-bond donors (Lipinski definition) is 1. The standard InChI is InChI=1S/C17H22N2O/c1-17(2,3)14-7-5-13(6-8-14)11-18-15-9-10-16(20-4)19-12-15/h5-10,12,18H,11H2,1-4H3. The largest absolute Gasteiger partial charge is 0.481 e. The van der Waals surface area contributed by atoms with Gasteiger partial charge in [-0.05, 0) is 22.6 Å². The highest BCUT2D eigenvalue weighted by molar-refractivity contribution is 5.43. The van der Waals surface area contributed by atoms with Gasteiger partial charge in [0.25, 0.3) is 0 Å². The van der Waals surface area contributed by atoms with Crippen LogP contribution in [0.2, 0.25) is 0 Å². The molecule has 3 nitrogen and oxygen atoms in total. The third-order valence-corrected chi connectivity index (χ3v) is 3.26. The minimum Gasteiger partial charge on any atom is -0.481 e. The Morgan fingerprint density at radius 3 is 2.25 bits per heavy atom.